The van der Waals surface area contributed by atoms with Gasteiger partial charge in [-0.3, -0.25) is 0 Å². The van der Waals surface area contributed by atoms with Gasteiger partial charge in [0.2, 0.25) is 0 Å². The maximum atomic E-state index is 11.1. The third kappa shape index (κ3) is 2.53. The maximum absolute atomic E-state index is 11.1. The third-order valence-electron chi connectivity index (χ3n) is 1.39. The van der Waals surface area contributed by atoms with Gasteiger partial charge in [0.15, 0.2) is 0 Å². The molecule has 1 rings (SSSR count). The maximum Gasteiger partial charge on any atom is 0.263 e. The summed E-state index contributed by atoms with van der Waals surface area (Å²) in [6.07, 6.45) is 0. The highest BCUT2D eigenvalue weighted by atomic mass is 127. The number of nitriles is 1. The van der Waals surface area contributed by atoms with Crippen LogP contribution >= 0.6 is 45.9 Å². The normalized spacial score (nSPS) is 11.0. The molecule has 0 bridgehead atoms. The van der Waals surface area contributed by atoms with Crippen molar-refractivity contribution in [3.63, 3.8) is 0 Å². The summed E-state index contributed by atoms with van der Waals surface area (Å²) in [5, 5.41) is 8.72. The first-order valence-corrected chi connectivity index (χ1v) is 7.07. The van der Waals surface area contributed by atoms with Gasteiger partial charge in [-0.05, 0) is 34.7 Å². The molecule has 0 aliphatic rings. The van der Waals surface area contributed by atoms with Crippen LogP contribution in [-0.2, 0) is 9.05 Å². The second kappa shape index (κ2) is 4.26. The predicted octanol–water partition coefficient (Wildman–Crippen LogP) is 2.38. The van der Waals surface area contributed by atoms with E-state index in [1.165, 1.54) is 12.1 Å². The summed E-state index contributed by atoms with van der Waals surface area (Å²) >= 11 is 5.82. The summed E-state index contributed by atoms with van der Waals surface area (Å²) in [6, 6.07) is 4.66. The summed E-state index contributed by atoms with van der Waals surface area (Å²) in [7, 11) is 1.31. The van der Waals surface area contributed by atoms with Crippen molar-refractivity contribution in [2.45, 2.75) is 9.79 Å². The average Bonchev–Trinajstić information content (AvgIpc) is 1.99. The van der Waals surface area contributed by atoms with E-state index in [0.717, 1.165) is 0 Å². The van der Waals surface area contributed by atoms with Crippen LogP contribution in [0.25, 0.3) is 0 Å². The monoisotopic (exact) mass is 359 g/mol. The topological polar surface area (TPSA) is 57.9 Å². The van der Waals surface area contributed by atoms with E-state index in [-0.39, 0.29) is 10.5 Å². The van der Waals surface area contributed by atoms with E-state index in [1.54, 1.807) is 28.7 Å². The summed E-state index contributed by atoms with van der Waals surface area (Å²) in [5.41, 5.74) is 0.0110. The van der Waals surface area contributed by atoms with Gasteiger partial charge in [0, 0.05) is 19.1 Å². The van der Waals surface area contributed by atoms with Gasteiger partial charge in [-0.15, -0.1) is 12.6 Å². The number of nitrogens with zero attached hydrogens (tertiary/aromatic N) is 1. The van der Waals surface area contributed by atoms with E-state index in [0.29, 0.717) is 8.47 Å². The molecule has 74 valence electrons. The predicted molar refractivity (Wildman–Crippen MR) is 64.2 cm³/mol. The highest BCUT2D eigenvalue weighted by Gasteiger charge is 2.19. The Bertz CT molecular complexity index is 521. The van der Waals surface area contributed by atoms with E-state index in [9.17, 15) is 8.42 Å². The van der Waals surface area contributed by atoms with Crippen LogP contribution in [0.2, 0.25) is 0 Å². The van der Waals surface area contributed by atoms with Gasteiger partial charge in [-0.2, -0.15) is 5.26 Å². The Morgan fingerprint density at radius 3 is 2.50 bits per heavy atom. The second-order valence-corrected chi connectivity index (χ2v) is 6.54. The first-order chi connectivity index (χ1) is 6.36. The van der Waals surface area contributed by atoms with Crippen LogP contribution in [-0.4, -0.2) is 8.42 Å². The third-order valence-corrected chi connectivity index (χ3v) is 4.26. The fraction of sp³-hybridized carbons (Fsp3) is 0. The Morgan fingerprint density at radius 1 is 1.50 bits per heavy atom. The molecular weight excluding hydrogens is 357 g/mol. The zero-order chi connectivity index (χ0) is 10.9. The van der Waals surface area contributed by atoms with Gasteiger partial charge in [0.05, 0.1) is 5.56 Å². The number of benzene rings is 1. The van der Waals surface area contributed by atoms with Crippen LogP contribution < -0.4 is 0 Å². The highest BCUT2D eigenvalue weighted by molar-refractivity contribution is 14.1. The lowest BCUT2D eigenvalue weighted by Crippen LogP contribution is -1.98. The molecule has 0 heterocycles. The van der Waals surface area contributed by atoms with Crippen LogP contribution in [0.15, 0.2) is 21.9 Å². The number of rotatable bonds is 1. The van der Waals surface area contributed by atoms with E-state index in [1.807, 2.05) is 0 Å². The first kappa shape index (κ1) is 12.1. The molecule has 0 fully saturated rings. The molecule has 0 saturated heterocycles. The van der Waals surface area contributed by atoms with Crippen LogP contribution in [0.1, 0.15) is 5.56 Å². The molecule has 1 aromatic carbocycles. The molecule has 0 aromatic heterocycles. The minimum absolute atomic E-state index is 0.0110. The molecule has 0 aliphatic heterocycles. The Labute approximate surface area is 105 Å². The Hall–Kier alpha value is 0.0300. The van der Waals surface area contributed by atoms with Crippen LogP contribution in [0.5, 0.6) is 0 Å². The smallest absolute Gasteiger partial charge is 0.207 e. The second-order valence-electron chi connectivity index (χ2n) is 2.35. The molecule has 0 N–H and O–H groups in total. The molecule has 14 heavy (non-hydrogen) atoms. The van der Waals surface area contributed by atoms with Gasteiger partial charge in [-0.1, -0.05) is 0 Å². The van der Waals surface area contributed by atoms with Crippen molar-refractivity contribution in [1.29, 1.82) is 5.26 Å². The lowest BCUT2D eigenvalue weighted by atomic mass is 10.2. The zero-order valence-electron chi connectivity index (χ0n) is 6.53. The van der Waals surface area contributed by atoms with Crippen molar-refractivity contribution in [2.75, 3.05) is 0 Å². The van der Waals surface area contributed by atoms with E-state index >= 15 is 0 Å². The summed E-state index contributed by atoms with van der Waals surface area (Å²) in [4.78, 5) is 0.370. The van der Waals surface area contributed by atoms with Gasteiger partial charge in [-0.25, -0.2) is 8.42 Å². The van der Waals surface area contributed by atoms with Crippen LogP contribution in [0.4, 0.5) is 0 Å². The minimum atomic E-state index is -3.88. The molecule has 0 unspecified atom stereocenters. The van der Waals surface area contributed by atoms with E-state index < -0.39 is 9.05 Å². The first-order valence-electron chi connectivity index (χ1n) is 3.23. The standard InChI is InChI=1S/C7H3ClINO2S2/c8-14(11,12)7-4(3-10)1-5(13)2-6(7)9/h1-2,13H. The van der Waals surface area contributed by atoms with E-state index in [2.05, 4.69) is 12.6 Å². The summed E-state index contributed by atoms with van der Waals surface area (Å²) in [6.45, 7) is 0. The Balaban J connectivity index is 3.68. The van der Waals surface area contributed by atoms with Crippen molar-refractivity contribution < 1.29 is 8.42 Å². The Morgan fingerprint density at radius 2 is 2.07 bits per heavy atom. The fourth-order valence-electron chi connectivity index (χ4n) is 0.910. The average molecular weight is 360 g/mol. The van der Waals surface area contributed by atoms with E-state index in [4.69, 9.17) is 15.9 Å². The van der Waals surface area contributed by atoms with Gasteiger partial charge < -0.3 is 0 Å². The molecule has 3 nitrogen and oxygen atoms in total. The molecule has 0 atom stereocenters. The fourth-order valence-corrected chi connectivity index (χ4v) is 4.46. The number of halogens is 2. The van der Waals surface area contributed by atoms with Crippen LogP contribution in [0, 0.1) is 14.9 Å². The highest BCUT2D eigenvalue weighted by Crippen LogP contribution is 2.28. The number of hydrogen-bond acceptors (Lipinski definition) is 4. The molecule has 7 heteroatoms. The molecule has 0 aliphatic carbocycles. The lowest BCUT2D eigenvalue weighted by molar-refractivity contribution is 0.608. The quantitative estimate of drug-likeness (QED) is 0.476. The molecule has 1 aromatic rings. The van der Waals surface area contributed by atoms with Gasteiger partial charge in [0.1, 0.15) is 11.0 Å². The molecule has 0 amide bonds. The largest absolute Gasteiger partial charge is 0.263 e. The van der Waals surface area contributed by atoms with Gasteiger partial charge in [0.25, 0.3) is 9.05 Å². The number of thiol groups is 1. The number of hydrogen-bond donors (Lipinski definition) is 1. The van der Waals surface area contributed by atoms with Crippen molar-refractivity contribution in [3.05, 3.63) is 21.3 Å². The molecular formula is C7H3ClINO2S2. The molecule has 0 saturated carbocycles. The summed E-state index contributed by atoms with van der Waals surface area (Å²) in [5.74, 6) is 0. The Kier molecular flexibility index (Phi) is 3.69. The molecule has 0 radical (unpaired) electrons. The van der Waals surface area contributed by atoms with Crippen LogP contribution in [0.3, 0.4) is 0 Å². The SMILES string of the molecule is N#Cc1cc(S)cc(I)c1S(=O)(=O)Cl. The minimum Gasteiger partial charge on any atom is -0.207 e. The molecule has 0 spiro atoms. The van der Waals surface area contributed by atoms with Crippen molar-refractivity contribution in [1.82, 2.24) is 0 Å². The van der Waals surface area contributed by atoms with Crippen molar-refractivity contribution >= 4 is 55.0 Å². The lowest BCUT2D eigenvalue weighted by Gasteiger charge is -2.03. The zero-order valence-corrected chi connectivity index (χ0v) is 11.2. The summed E-state index contributed by atoms with van der Waals surface area (Å²) < 4.78 is 22.6. The van der Waals surface area contributed by atoms with Gasteiger partial charge >= 0.3 is 0 Å². The van der Waals surface area contributed by atoms with Crippen molar-refractivity contribution in [3.8, 4) is 6.07 Å². The van der Waals surface area contributed by atoms with Crippen molar-refractivity contribution in [2.24, 2.45) is 0 Å².